The van der Waals surface area contributed by atoms with E-state index in [1.807, 2.05) is 6.79 Å². The van der Waals surface area contributed by atoms with E-state index < -0.39 is 25.9 Å². The number of hydrogen-bond acceptors (Lipinski definition) is 7. The van der Waals surface area contributed by atoms with E-state index in [1.54, 1.807) is 0 Å². The molecule has 0 radical (unpaired) electrons. The molecule has 0 fully saturated rings. The van der Waals surface area contributed by atoms with Crippen LogP contribution in [0.25, 0.3) is 0 Å². The Morgan fingerprint density at radius 3 is 1.86 bits per heavy atom. The Hall–Kier alpha value is -1.76. The molecule has 0 aliphatic rings. The summed E-state index contributed by atoms with van der Waals surface area (Å²) in [5.41, 5.74) is 0.318. The molecule has 9 heteroatoms. The van der Waals surface area contributed by atoms with E-state index in [2.05, 4.69) is 27.2 Å². The first-order valence-corrected chi connectivity index (χ1v) is 7.32. The molecule has 120 valence electrons. The average Bonchev–Trinajstić information content (AvgIpc) is 2.42. The van der Waals surface area contributed by atoms with Gasteiger partial charge in [-0.1, -0.05) is 13.2 Å². The van der Waals surface area contributed by atoms with Crippen molar-refractivity contribution in [3.8, 4) is 0 Å². The first-order valence-electron chi connectivity index (χ1n) is 5.56. The summed E-state index contributed by atoms with van der Waals surface area (Å²) < 4.78 is 25.1. The van der Waals surface area contributed by atoms with Crippen molar-refractivity contribution >= 4 is 26.3 Å². The van der Waals surface area contributed by atoms with E-state index in [0.717, 1.165) is 0 Å². The Morgan fingerprint density at radius 2 is 1.43 bits per heavy atom. The number of ether oxygens (including phenoxy) is 2. The zero-order chi connectivity index (χ0) is 17.1. The molecule has 0 rings (SSSR count). The van der Waals surface area contributed by atoms with Crippen molar-refractivity contribution in [1.82, 2.24) is 0 Å². The van der Waals surface area contributed by atoms with Gasteiger partial charge in [0, 0.05) is 11.1 Å². The Balaban J connectivity index is 0. The number of rotatable bonds is 8. The smallest absolute Gasteiger partial charge is 0.365 e. The van der Waals surface area contributed by atoms with E-state index in [1.165, 1.54) is 13.8 Å². The van der Waals surface area contributed by atoms with Gasteiger partial charge in [0.05, 0.1) is 6.61 Å². The molecule has 0 aliphatic carbocycles. The van der Waals surface area contributed by atoms with Gasteiger partial charge in [-0.3, -0.25) is 4.57 Å². The van der Waals surface area contributed by atoms with Crippen LogP contribution in [-0.2, 0) is 32.9 Å². The zero-order valence-corrected chi connectivity index (χ0v) is 12.9. The van der Waals surface area contributed by atoms with Gasteiger partial charge in [0.25, 0.3) is 0 Å². The largest absolute Gasteiger partial charge is 0.460 e. The first-order chi connectivity index (χ1) is 9.65. The number of esters is 2. The summed E-state index contributed by atoms with van der Waals surface area (Å²) >= 11 is 0. The fourth-order valence-electron chi connectivity index (χ4n) is 0.738. The zero-order valence-electron chi connectivity index (χ0n) is 12.0. The third-order valence-corrected chi connectivity index (χ3v) is 2.71. The van der Waals surface area contributed by atoms with Crippen LogP contribution < -0.4 is 0 Å². The molecule has 0 aliphatic heterocycles. The molecule has 0 bridgehead atoms. The molecule has 0 aromatic heterocycles. The highest BCUT2D eigenvalue weighted by atomic mass is 31.2. The van der Waals surface area contributed by atoms with Gasteiger partial charge < -0.3 is 23.7 Å². The molecule has 21 heavy (non-hydrogen) atoms. The summed E-state index contributed by atoms with van der Waals surface area (Å²) in [5, 5.41) is 0. The first kappa shape index (κ1) is 21.5. The number of carbonyl (C=O) groups excluding carboxylic acids is 3. The highest BCUT2D eigenvalue weighted by molar-refractivity contribution is 7.52. The van der Waals surface area contributed by atoms with Crippen LogP contribution in [0.5, 0.6) is 0 Å². The quantitative estimate of drug-likeness (QED) is 0.307. The van der Waals surface area contributed by atoms with Gasteiger partial charge in [-0.15, -0.1) is 0 Å². The Bertz CT molecular complexity index is 443. The molecular weight excluding hydrogens is 303 g/mol. The number of carbonyl (C=O) groups is 3. The van der Waals surface area contributed by atoms with Crippen LogP contribution in [0, 0.1) is 0 Å². The van der Waals surface area contributed by atoms with Crippen molar-refractivity contribution in [2.24, 2.45) is 0 Å². The van der Waals surface area contributed by atoms with E-state index in [9.17, 15) is 19.0 Å². The van der Waals surface area contributed by atoms with Gasteiger partial charge in [0.2, 0.25) is 0 Å². The van der Waals surface area contributed by atoms with Crippen molar-refractivity contribution < 1.29 is 37.8 Å². The Morgan fingerprint density at radius 1 is 1.00 bits per heavy atom. The summed E-state index contributed by atoms with van der Waals surface area (Å²) in [6.45, 7) is 11.1. The van der Waals surface area contributed by atoms with Crippen molar-refractivity contribution in [3.05, 3.63) is 24.3 Å². The maximum atomic E-state index is 11.4. The maximum Gasteiger partial charge on any atom is 0.365 e. The van der Waals surface area contributed by atoms with Crippen LogP contribution in [-0.4, -0.2) is 43.2 Å². The van der Waals surface area contributed by atoms with Crippen molar-refractivity contribution in [2.45, 2.75) is 13.8 Å². The van der Waals surface area contributed by atoms with Crippen LogP contribution in [0.1, 0.15) is 13.8 Å². The Labute approximate surface area is 122 Å². The second kappa shape index (κ2) is 11.0. The fraction of sp³-hybridized carbons (Fsp3) is 0.417. The summed E-state index contributed by atoms with van der Waals surface area (Å²) in [7, 11) is -4.07. The highest BCUT2D eigenvalue weighted by Crippen LogP contribution is 2.41. The molecule has 0 spiro atoms. The molecule has 1 unspecified atom stereocenters. The van der Waals surface area contributed by atoms with Crippen LogP contribution in [0.15, 0.2) is 24.3 Å². The standard InChI is InChI=1S/C11H17O7P.CH2O/c1-8(2)10(12)16-5-6-18-19(14,15)7-17-11(13)9(3)4;1-2/h1,3,5-7H2,2,4H3,(H,14,15);1H2. The third-order valence-electron chi connectivity index (χ3n) is 1.67. The Kier molecular flexibility index (Phi) is 11.2. The lowest BCUT2D eigenvalue weighted by molar-refractivity contribution is -0.139. The molecular formula is C12H19O8P. The maximum absolute atomic E-state index is 11.4. The van der Waals surface area contributed by atoms with Gasteiger partial charge in [-0.05, 0) is 13.8 Å². The van der Waals surface area contributed by atoms with E-state index in [-0.39, 0.29) is 24.4 Å². The minimum Gasteiger partial charge on any atom is -0.460 e. The third kappa shape index (κ3) is 11.7. The second-order valence-corrected chi connectivity index (χ2v) is 5.52. The van der Waals surface area contributed by atoms with E-state index in [4.69, 9.17) is 4.79 Å². The highest BCUT2D eigenvalue weighted by Gasteiger charge is 2.22. The molecule has 0 aromatic carbocycles. The lowest BCUT2D eigenvalue weighted by Crippen LogP contribution is -2.12. The van der Waals surface area contributed by atoms with Gasteiger partial charge in [0.15, 0.2) is 6.35 Å². The molecule has 1 atom stereocenters. The summed E-state index contributed by atoms with van der Waals surface area (Å²) in [6.07, 6.45) is -0.785. The van der Waals surface area contributed by atoms with Crippen LogP contribution in [0.2, 0.25) is 0 Å². The molecule has 0 aromatic rings. The summed E-state index contributed by atoms with van der Waals surface area (Å²) in [6, 6.07) is 0. The fourth-order valence-corrected chi connectivity index (χ4v) is 1.45. The lowest BCUT2D eigenvalue weighted by atomic mass is 10.4. The summed E-state index contributed by atoms with van der Waals surface area (Å²) in [5.74, 6) is -1.41. The topological polar surface area (TPSA) is 116 Å². The number of hydrogen-bond donors (Lipinski definition) is 1. The lowest BCUT2D eigenvalue weighted by Gasteiger charge is -2.12. The second-order valence-electron chi connectivity index (χ2n) is 3.73. The molecule has 0 heterocycles. The van der Waals surface area contributed by atoms with Gasteiger partial charge in [0.1, 0.15) is 13.4 Å². The van der Waals surface area contributed by atoms with Crippen LogP contribution >= 0.6 is 7.60 Å². The molecule has 0 saturated heterocycles. The minimum absolute atomic E-state index is 0.107. The van der Waals surface area contributed by atoms with Crippen molar-refractivity contribution in [2.75, 3.05) is 19.6 Å². The molecule has 8 nitrogen and oxygen atoms in total. The SMILES string of the molecule is C=C(C)C(=O)OCCOP(=O)(O)COC(=O)C(=C)C.C=O. The van der Waals surface area contributed by atoms with Gasteiger partial charge >= 0.3 is 19.5 Å². The van der Waals surface area contributed by atoms with Gasteiger partial charge in [-0.25, -0.2) is 9.59 Å². The van der Waals surface area contributed by atoms with Crippen molar-refractivity contribution in [3.63, 3.8) is 0 Å². The summed E-state index contributed by atoms with van der Waals surface area (Å²) in [4.78, 5) is 39.3. The predicted molar refractivity (Wildman–Crippen MR) is 74.4 cm³/mol. The molecule has 1 N–H and O–H groups in total. The minimum atomic E-state index is -4.07. The van der Waals surface area contributed by atoms with E-state index >= 15 is 0 Å². The monoisotopic (exact) mass is 322 g/mol. The predicted octanol–water partition coefficient (Wildman–Crippen LogP) is 1.20. The van der Waals surface area contributed by atoms with Crippen molar-refractivity contribution in [1.29, 1.82) is 0 Å². The van der Waals surface area contributed by atoms with Crippen LogP contribution in [0.4, 0.5) is 0 Å². The normalized spacial score (nSPS) is 12.1. The average molecular weight is 322 g/mol. The van der Waals surface area contributed by atoms with Crippen LogP contribution in [0.3, 0.4) is 0 Å². The van der Waals surface area contributed by atoms with Gasteiger partial charge in [-0.2, -0.15) is 0 Å². The molecule has 0 saturated carbocycles. The molecule has 0 amide bonds. The van der Waals surface area contributed by atoms with E-state index in [0.29, 0.717) is 0 Å².